The first kappa shape index (κ1) is 17.0. The highest BCUT2D eigenvalue weighted by Gasteiger charge is 2.13. The van der Waals surface area contributed by atoms with Gasteiger partial charge in [0.1, 0.15) is 11.3 Å². The number of nitrogen functional groups attached to an aromatic ring is 1. The van der Waals surface area contributed by atoms with Crippen LogP contribution in [-0.4, -0.2) is 41.0 Å². The van der Waals surface area contributed by atoms with E-state index in [9.17, 15) is 4.79 Å². The van der Waals surface area contributed by atoms with Gasteiger partial charge in [-0.1, -0.05) is 24.3 Å². The Balaban J connectivity index is 1.63. The van der Waals surface area contributed by atoms with E-state index in [1.54, 1.807) is 22.4 Å². The second-order valence-electron chi connectivity index (χ2n) is 6.28. The number of aryl methyl sites for hydroxylation is 1. The molecule has 1 aromatic carbocycles. The highest BCUT2D eigenvalue weighted by molar-refractivity contribution is 5.81. The molecule has 0 atom stereocenters. The minimum absolute atomic E-state index is 0.0486. The Hall–Kier alpha value is -3.46. The van der Waals surface area contributed by atoms with E-state index in [1.807, 2.05) is 30.5 Å². The average molecular weight is 365 g/mol. The summed E-state index contributed by atoms with van der Waals surface area (Å²) in [6.45, 7) is 2.63. The summed E-state index contributed by atoms with van der Waals surface area (Å²) in [6, 6.07) is 7.87. The summed E-state index contributed by atoms with van der Waals surface area (Å²) in [7, 11) is 0. The van der Waals surface area contributed by atoms with Crippen LogP contribution in [0.25, 0.3) is 22.3 Å². The number of fused-ring (bicyclic) bond motifs is 1. The lowest BCUT2D eigenvalue weighted by atomic mass is 10.1. The third kappa shape index (κ3) is 3.20. The van der Waals surface area contributed by atoms with E-state index in [-0.39, 0.29) is 18.1 Å². The Kier molecular flexibility index (Phi) is 4.21. The Morgan fingerprint density at radius 2 is 1.96 bits per heavy atom. The number of hydrogen-bond acceptors (Lipinski definition) is 6. The van der Waals surface area contributed by atoms with E-state index in [0.29, 0.717) is 30.1 Å². The molecule has 4 aromatic rings. The average Bonchev–Trinajstić information content (AvgIpc) is 3.22. The Labute approximate surface area is 154 Å². The molecule has 0 bridgehead atoms. The van der Waals surface area contributed by atoms with Gasteiger partial charge in [0.2, 0.25) is 0 Å². The van der Waals surface area contributed by atoms with Crippen molar-refractivity contribution in [1.29, 1.82) is 0 Å². The number of aliphatic hydroxyl groups is 1. The van der Waals surface area contributed by atoms with Gasteiger partial charge in [-0.3, -0.25) is 9.25 Å². The number of hydrogen-bond donors (Lipinski definition) is 3. The molecule has 0 fully saturated rings. The van der Waals surface area contributed by atoms with Crippen LogP contribution in [0.1, 0.15) is 11.4 Å². The number of H-pyrrole nitrogens is 1. The molecule has 0 unspecified atom stereocenters. The summed E-state index contributed by atoms with van der Waals surface area (Å²) in [5.41, 5.74) is 9.50. The van der Waals surface area contributed by atoms with E-state index < -0.39 is 0 Å². The largest absolute Gasteiger partial charge is 0.394 e. The first-order valence-electron chi connectivity index (χ1n) is 8.50. The van der Waals surface area contributed by atoms with Crippen LogP contribution in [0, 0.1) is 6.92 Å². The van der Waals surface area contributed by atoms with Gasteiger partial charge in [0, 0.05) is 11.8 Å². The fraction of sp³-hybridized carbons (Fsp3) is 0.222. The van der Waals surface area contributed by atoms with Crippen molar-refractivity contribution in [2.75, 3.05) is 12.3 Å². The molecule has 9 nitrogen and oxygen atoms in total. The highest BCUT2D eigenvalue weighted by Crippen LogP contribution is 2.20. The molecular weight excluding hydrogens is 346 g/mol. The molecule has 0 amide bonds. The van der Waals surface area contributed by atoms with Gasteiger partial charge in [0.25, 0.3) is 0 Å². The molecule has 4 N–H and O–H groups in total. The molecule has 138 valence electrons. The first-order valence-corrected chi connectivity index (χ1v) is 8.50. The van der Waals surface area contributed by atoms with Crippen LogP contribution in [0.3, 0.4) is 0 Å². The maximum absolute atomic E-state index is 12.3. The number of nitrogens with two attached hydrogens (primary N) is 1. The van der Waals surface area contributed by atoms with E-state index in [1.165, 1.54) is 0 Å². The summed E-state index contributed by atoms with van der Waals surface area (Å²) in [5.74, 6) is 0.784. The minimum atomic E-state index is -0.272. The molecule has 3 heterocycles. The van der Waals surface area contributed by atoms with Crippen molar-refractivity contribution >= 4 is 17.0 Å². The summed E-state index contributed by atoms with van der Waals surface area (Å²) in [5, 5.41) is 13.2. The molecule has 0 saturated heterocycles. The van der Waals surface area contributed by atoms with Crippen molar-refractivity contribution in [3.63, 3.8) is 0 Å². The van der Waals surface area contributed by atoms with Crippen molar-refractivity contribution in [3.8, 4) is 11.1 Å². The maximum Gasteiger partial charge on any atom is 0.328 e. The van der Waals surface area contributed by atoms with Crippen LogP contribution in [0.5, 0.6) is 0 Å². The number of anilines is 1. The fourth-order valence-corrected chi connectivity index (χ4v) is 3.03. The predicted octanol–water partition coefficient (Wildman–Crippen LogP) is 0.914. The normalized spacial score (nSPS) is 11.3. The van der Waals surface area contributed by atoms with Gasteiger partial charge in [-0.15, -0.1) is 0 Å². The van der Waals surface area contributed by atoms with Crippen LogP contribution >= 0.6 is 0 Å². The van der Waals surface area contributed by atoms with Gasteiger partial charge in [0.15, 0.2) is 11.5 Å². The molecule has 27 heavy (non-hydrogen) atoms. The molecule has 4 rings (SSSR count). The monoisotopic (exact) mass is 365 g/mol. The van der Waals surface area contributed by atoms with Crippen molar-refractivity contribution in [2.45, 2.75) is 20.0 Å². The SMILES string of the molecule is Cc1nc(N)c2[nH]c(=O)n(Cc3ccc(-c4cnn(CCO)c4)cc3)c2n1. The second kappa shape index (κ2) is 6.69. The number of aliphatic hydroxyl groups excluding tert-OH is 1. The molecule has 0 aliphatic carbocycles. The van der Waals surface area contributed by atoms with Crippen LogP contribution < -0.4 is 11.4 Å². The topological polar surface area (TPSA) is 128 Å². The summed E-state index contributed by atoms with van der Waals surface area (Å²) < 4.78 is 3.25. The summed E-state index contributed by atoms with van der Waals surface area (Å²) >= 11 is 0. The maximum atomic E-state index is 12.3. The highest BCUT2D eigenvalue weighted by atomic mass is 16.3. The molecule has 0 saturated carbocycles. The number of nitrogens with one attached hydrogen (secondary N) is 1. The molecular formula is C18H19N7O2. The third-order valence-electron chi connectivity index (χ3n) is 4.35. The number of benzene rings is 1. The zero-order chi connectivity index (χ0) is 19.0. The lowest BCUT2D eigenvalue weighted by Gasteiger charge is -2.05. The molecule has 0 radical (unpaired) electrons. The van der Waals surface area contributed by atoms with E-state index >= 15 is 0 Å². The van der Waals surface area contributed by atoms with Gasteiger partial charge >= 0.3 is 5.69 Å². The number of nitrogens with zero attached hydrogens (tertiary/aromatic N) is 5. The van der Waals surface area contributed by atoms with E-state index in [0.717, 1.165) is 16.7 Å². The molecule has 0 spiro atoms. The van der Waals surface area contributed by atoms with E-state index in [2.05, 4.69) is 20.1 Å². The van der Waals surface area contributed by atoms with Crippen LogP contribution in [-0.2, 0) is 13.1 Å². The zero-order valence-corrected chi connectivity index (χ0v) is 14.8. The second-order valence-corrected chi connectivity index (χ2v) is 6.28. The van der Waals surface area contributed by atoms with Crippen LogP contribution in [0.4, 0.5) is 5.82 Å². The van der Waals surface area contributed by atoms with Crippen molar-refractivity contribution in [3.05, 3.63) is 58.5 Å². The number of aromatic amines is 1. The van der Waals surface area contributed by atoms with Gasteiger partial charge in [-0.2, -0.15) is 5.10 Å². The molecule has 9 heteroatoms. The number of imidazole rings is 1. The predicted molar refractivity (Wildman–Crippen MR) is 101 cm³/mol. The molecule has 0 aliphatic heterocycles. The van der Waals surface area contributed by atoms with Crippen LogP contribution in [0.15, 0.2) is 41.5 Å². The van der Waals surface area contributed by atoms with Crippen molar-refractivity contribution in [1.82, 2.24) is 29.3 Å². The third-order valence-corrected chi connectivity index (χ3v) is 4.35. The first-order chi connectivity index (χ1) is 13.0. The van der Waals surface area contributed by atoms with Gasteiger partial charge in [0.05, 0.1) is 25.9 Å². The minimum Gasteiger partial charge on any atom is -0.394 e. The lowest BCUT2D eigenvalue weighted by molar-refractivity contribution is 0.269. The van der Waals surface area contributed by atoms with Gasteiger partial charge < -0.3 is 15.8 Å². The zero-order valence-electron chi connectivity index (χ0n) is 14.8. The smallest absolute Gasteiger partial charge is 0.328 e. The van der Waals surface area contributed by atoms with Gasteiger partial charge in [-0.05, 0) is 18.1 Å². The summed E-state index contributed by atoms with van der Waals surface area (Å²) in [4.78, 5) is 23.5. The quantitative estimate of drug-likeness (QED) is 0.482. The molecule has 0 aliphatic rings. The van der Waals surface area contributed by atoms with E-state index in [4.69, 9.17) is 10.8 Å². The number of rotatable bonds is 5. The standard InChI is InChI=1S/C18H19N7O2/c1-11-21-16(19)15-17(22-11)25(18(27)23-15)9-12-2-4-13(5-3-12)14-8-20-24(10-14)6-7-26/h2-5,8,10,26H,6-7,9H2,1H3,(H,23,27)(H2,19,21,22). The van der Waals surface area contributed by atoms with Gasteiger partial charge in [-0.25, -0.2) is 14.8 Å². The Bertz CT molecular complexity index is 1150. The number of aromatic nitrogens is 6. The Morgan fingerprint density at radius 1 is 1.19 bits per heavy atom. The fourth-order valence-electron chi connectivity index (χ4n) is 3.03. The Morgan fingerprint density at radius 3 is 2.70 bits per heavy atom. The van der Waals surface area contributed by atoms with Crippen molar-refractivity contribution in [2.24, 2.45) is 0 Å². The molecule has 3 aromatic heterocycles. The lowest BCUT2D eigenvalue weighted by Crippen LogP contribution is -2.17. The van der Waals surface area contributed by atoms with Crippen molar-refractivity contribution < 1.29 is 5.11 Å². The van der Waals surface area contributed by atoms with Crippen LogP contribution in [0.2, 0.25) is 0 Å². The summed E-state index contributed by atoms with van der Waals surface area (Å²) in [6.07, 6.45) is 3.65.